The first-order valence-electron chi connectivity index (χ1n) is 7.78. The highest BCUT2D eigenvalue weighted by atomic mass is 32.1. The number of aromatic nitrogens is 1. The molecule has 2 aromatic rings. The van der Waals surface area contributed by atoms with Gasteiger partial charge in [0.05, 0.1) is 21.9 Å². The highest BCUT2D eigenvalue weighted by molar-refractivity contribution is 7.17. The van der Waals surface area contributed by atoms with Crippen molar-refractivity contribution < 1.29 is 19.8 Å². The Hall–Kier alpha value is -1.86. The van der Waals surface area contributed by atoms with Crippen molar-refractivity contribution in [2.75, 3.05) is 13.1 Å². The Bertz CT molecular complexity index is 777. The number of aliphatic hydroxyl groups excluding tert-OH is 1. The molecule has 1 saturated heterocycles. The highest BCUT2D eigenvalue weighted by Crippen LogP contribution is 2.49. The van der Waals surface area contributed by atoms with Crippen LogP contribution in [0.4, 0.5) is 0 Å². The van der Waals surface area contributed by atoms with Crippen LogP contribution >= 0.6 is 11.3 Å². The molecule has 0 aromatic carbocycles. The number of nitrogens with zero attached hydrogens (tertiary/aromatic N) is 1. The fourth-order valence-electron chi connectivity index (χ4n) is 3.89. The van der Waals surface area contributed by atoms with E-state index >= 15 is 0 Å². The number of carbonyl (C=O) groups excluding carboxylic acids is 1. The van der Waals surface area contributed by atoms with Gasteiger partial charge in [0.15, 0.2) is 0 Å². The average molecular weight is 334 g/mol. The number of likely N-dealkylation sites (tertiary alicyclic amines) is 1. The smallest absolute Gasteiger partial charge is 0.338 e. The van der Waals surface area contributed by atoms with Crippen molar-refractivity contribution in [2.24, 2.45) is 5.41 Å². The van der Waals surface area contributed by atoms with Gasteiger partial charge in [0, 0.05) is 18.5 Å². The molecule has 0 radical (unpaired) electrons. The molecule has 4 rings (SSSR count). The fourth-order valence-corrected chi connectivity index (χ4v) is 4.81. The predicted octanol–water partition coefficient (Wildman–Crippen LogP) is 2.30. The van der Waals surface area contributed by atoms with Crippen molar-refractivity contribution in [3.8, 4) is 0 Å². The molecular formula is C16H18N2O4S. The van der Waals surface area contributed by atoms with Crippen molar-refractivity contribution >= 4 is 33.4 Å². The summed E-state index contributed by atoms with van der Waals surface area (Å²) in [5.74, 6) is -1.06. The minimum Gasteiger partial charge on any atom is -0.478 e. The van der Waals surface area contributed by atoms with E-state index in [4.69, 9.17) is 5.11 Å². The standard InChI is InChI=1S/C16H18N2O4S/c19-9-6-16(7-9)1-3-18(4-2-16)14(20)11-5-12-13(17-11)10(8-23-12)15(21)22/h5,8-9,17,19H,1-4,6-7H2,(H,21,22). The summed E-state index contributed by atoms with van der Waals surface area (Å²) in [6, 6.07) is 1.74. The number of piperidine rings is 1. The zero-order valence-electron chi connectivity index (χ0n) is 12.5. The lowest BCUT2D eigenvalue weighted by Crippen LogP contribution is -2.50. The third-order valence-corrected chi connectivity index (χ3v) is 6.19. The van der Waals surface area contributed by atoms with Gasteiger partial charge in [-0.15, -0.1) is 11.3 Å². The lowest BCUT2D eigenvalue weighted by molar-refractivity contribution is -0.0637. The van der Waals surface area contributed by atoms with Crippen LogP contribution in [0.3, 0.4) is 0 Å². The number of H-pyrrole nitrogens is 1. The zero-order valence-corrected chi connectivity index (χ0v) is 13.4. The second kappa shape index (κ2) is 5.07. The van der Waals surface area contributed by atoms with E-state index in [1.165, 1.54) is 11.3 Å². The van der Waals surface area contributed by atoms with Gasteiger partial charge in [-0.3, -0.25) is 4.79 Å². The number of carbonyl (C=O) groups is 2. The second-order valence-corrected chi connectivity index (χ2v) is 7.64. The van der Waals surface area contributed by atoms with E-state index in [2.05, 4.69) is 4.98 Å². The Morgan fingerprint density at radius 3 is 2.61 bits per heavy atom. The molecule has 1 saturated carbocycles. The van der Waals surface area contributed by atoms with E-state index in [0.29, 0.717) is 24.3 Å². The molecule has 0 atom stereocenters. The lowest BCUT2D eigenvalue weighted by atomic mass is 9.61. The van der Waals surface area contributed by atoms with Crippen molar-refractivity contribution in [2.45, 2.75) is 31.8 Å². The van der Waals surface area contributed by atoms with Gasteiger partial charge in [0.2, 0.25) is 0 Å². The summed E-state index contributed by atoms with van der Waals surface area (Å²) in [4.78, 5) is 28.6. The number of aliphatic hydroxyl groups is 1. The maximum Gasteiger partial charge on any atom is 0.338 e. The van der Waals surface area contributed by atoms with E-state index in [-0.39, 0.29) is 23.0 Å². The number of aromatic carboxylic acids is 1. The SMILES string of the molecule is O=C(O)c1csc2cc(C(=O)N3CCC4(CC3)CC(O)C4)[nH]c12. The van der Waals surface area contributed by atoms with Crippen molar-refractivity contribution in [3.05, 3.63) is 22.7 Å². The van der Waals surface area contributed by atoms with E-state index in [9.17, 15) is 14.7 Å². The monoisotopic (exact) mass is 334 g/mol. The Morgan fingerprint density at radius 1 is 1.30 bits per heavy atom. The topological polar surface area (TPSA) is 93.6 Å². The van der Waals surface area contributed by atoms with Gasteiger partial charge in [-0.2, -0.15) is 0 Å². The number of amides is 1. The number of fused-ring (bicyclic) bond motifs is 1. The van der Waals surface area contributed by atoms with Crippen LogP contribution in [-0.2, 0) is 0 Å². The molecule has 3 N–H and O–H groups in total. The van der Waals surface area contributed by atoms with E-state index in [1.54, 1.807) is 11.4 Å². The molecule has 3 heterocycles. The minimum absolute atomic E-state index is 0.0699. The number of rotatable bonds is 2. The maximum atomic E-state index is 12.6. The summed E-state index contributed by atoms with van der Waals surface area (Å²) in [7, 11) is 0. The fraction of sp³-hybridized carbons (Fsp3) is 0.500. The summed E-state index contributed by atoms with van der Waals surface area (Å²) < 4.78 is 0.793. The van der Waals surface area contributed by atoms with Crippen LogP contribution < -0.4 is 0 Å². The van der Waals surface area contributed by atoms with Gasteiger partial charge >= 0.3 is 5.97 Å². The van der Waals surface area contributed by atoms with Gasteiger partial charge in [-0.05, 0) is 37.2 Å². The van der Waals surface area contributed by atoms with Gasteiger partial charge in [0.1, 0.15) is 5.69 Å². The van der Waals surface area contributed by atoms with E-state index in [1.807, 2.05) is 4.90 Å². The molecule has 23 heavy (non-hydrogen) atoms. The van der Waals surface area contributed by atoms with Crippen LogP contribution in [-0.4, -0.2) is 51.2 Å². The van der Waals surface area contributed by atoms with Crippen LogP contribution in [0, 0.1) is 5.41 Å². The van der Waals surface area contributed by atoms with Crippen molar-refractivity contribution in [1.82, 2.24) is 9.88 Å². The highest BCUT2D eigenvalue weighted by Gasteiger charge is 2.45. The second-order valence-electron chi connectivity index (χ2n) is 6.73. The normalized spacial score (nSPS) is 20.8. The minimum atomic E-state index is -0.986. The molecule has 0 unspecified atom stereocenters. The van der Waals surface area contributed by atoms with Crippen molar-refractivity contribution in [3.63, 3.8) is 0 Å². The van der Waals surface area contributed by atoms with Crippen LogP contribution in [0.15, 0.2) is 11.4 Å². The molecule has 0 bridgehead atoms. The van der Waals surface area contributed by atoms with Crippen LogP contribution in [0.2, 0.25) is 0 Å². The number of aromatic amines is 1. The Kier molecular flexibility index (Phi) is 3.24. The molecule has 1 aliphatic heterocycles. The molecule has 1 spiro atoms. The molecule has 7 heteroatoms. The van der Waals surface area contributed by atoms with Gasteiger partial charge in [-0.1, -0.05) is 0 Å². The first kappa shape index (κ1) is 14.7. The summed E-state index contributed by atoms with van der Waals surface area (Å²) in [6.07, 6.45) is 3.42. The number of thiophene rings is 1. The summed E-state index contributed by atoms with van der Waals surface area (Å²) in [6.45, 7) is 1.40. The molecule has 2 fully saturated rings. The molecule has 122 valence electrons. The van der Waals surface area contributed by atoms with Crippen LogP contribution in [0.25, 0.3) is 10.2 Å². The first-order chi connectivity index (χ1) is 11.0. The predicted molar refractivity (Wildman–Crippen MR) is 85.9 cm³/mol. The van der Waals surface area contributed by atoms with Gasteiger partial charge in [-0.25, -0.2) is 4.79 Å². The number of nitrogens with one attached hydrogen (secondary N) is 1. The summed E-state index contributed by atoms with van der Waals surface area (Å²) in [5, 5.41) is 20.3. The van der Waals surface area contributed by atoms with Gasteiger partial charge in [0.25, 0.3) is 5.91 Å². The van der Waals surface area contributed by atoms with Crippen LogP contribution in [0.1, 0.15) is 46.5 Å². The zero-order chi connectivity index (χ0) is 16.2. The number of hydrogen-bond acceptors (Lipinski definition) is 4. The Morgan fingerprint density at radius 2 is 2.00 bits per heavy atom. The first-order valence-corrected chi connectivity index (χ1v) is 8.66. The molecule has 1 amide bonds. The third-order valence-electron chi connectivity index (χ3n) is 5.26. The number of carboxylic acids is 1. The molecule has 2 aromatic heterocycles. The van der Waals surface area contributed by atoms with E-state index in [0.717, 1.165) is 30.4 Å². The largest absolute Gasteiger partial charge is 0.478 e. The average Bonchev–Trinajstić information content (AvgIpc) is 3.05. The number of hydrogen-bond donors (Lipinski definition) is 3. The third kappa shape index (κ3) is 2.35. The molecule has 6 nitrogen and oxygen atoms in total. The van der Waals surface area contributed by atoms with Crippen LogP contribution in [0.5, 0.6) is 0 Å². The number of carboxylic acid groups (broad SMARTS) is 1. The van der Waals surface area contributed by atoms with Gasteiger partial charge < -0.3 is 20.1 Å². The van der Waals surface area contributed by atoms with Crippen molar-refractivity contribution in [1.29, 1.82) is 0 Å². The summed E-state index contributed by atoms with van der Waals surface area (Å²) >= 11 is 1.33. The lowest BCUT2D eigenvalue weighted by Gasteiger charge is -2.50. The Balaban J connectivity index is 1.50. The molecule has 2 aliphatic rings. The quantitative estimate of drug-likeness (QED) is 0.785. The molecular weight excluding hydrogens is 316 g/mol. The Labute approximate surface area is 136 Å². The van der Waals surface area contributed by atoms with E-state index < -0.39 is 5.97 Å². The maximum absolute atomic E-state index is 12.6. The summed E-state index contributed by atoms with van der Waals surface area (Å²) in [5.41, 5.74) is 1.44. The molecule has 1 aliphatic carbocycles.